The Balaban J connectivity index is 1.51. The van der Waals surface area contributed by atoms with Gasteiger partial charge in [-0.3, -0.25) is 14.4 Å². The Morgan fingerprint density at radius 1 is 0.871 bits per heavy atom. The lowest BCUT2D eigenvalue weighted by atomic mass is 9.84. The molecule has 1 aliphatic carbocycles. The van der Waals surface area contributed by atoms with E-state index in [1.807, 2.05) is 26.1 Å². The number of nitrogens with one attached hydrogen (secondary N) is 2. The second-order valence-electron chi connectivity index (χ2n) is 8.12. The van der Waals surface area contributed by atoms with Crippen molar-refractivity contribution < 1.29 is 19.3 Å². The smallest absolute Gasteiger partial charge is 0.282 e. The molecule has 2 atom stereocenters. The Bertz CT molecular complexity index is 1200. The average Bonchev–Trinajstić information content (AvgIpc) is 2.78. The van der Waals surface area contributed by atoms with Crippen LogP contribution >= 0.6 is 0 Å². The first-order valence-corrected chi connectivity index (χ1v) is 10.4. The molecular formula is C26H25N2O3+. The molecule has 0 saturated heterocycles. The molecule has 1 aliphatic rings. The van der Waals surface area contributed by atoms with Crippen LogP contribution in [0, 0.1) is 6.92 Å². The van der Waals surface area contributed by atoms with Crippen molar-refractivity contribution in [3.05, 3.63) is 100 Å². The zero-order valence-electron chi connectivity index (χ0n) is 17.9. The molecule has 1 unspecified atom stereocenters. The van der Waals surface area contributed by atoms with Crippen molar-refractivity contribution >= 4 is 23.2 Å². The van der Waals surface area contributed by atoms with Crippen molar-refractivity contribution in [3.63, 3.8) is 0 Å². The molecule has 0 aliphatic heterocycles. The molecule has 0 fully saturated rings. The van der Waals surface area contributed by atoms with Crippen molar-refractivity contribution in [2.45, 2.75) is 26.4 Å². The van der Waals surface area contributed by atoms with Gasteiger partial charge in [0.25, 0.3) is 5.91 Å². The molecule has 5 heteroatoms. The highest BCUT2D eigenvalue weighted by Gasteiger charge is 2.30. The quantitative estimate of drug-likeness (QED) is 0.529. The van der Waals surface area contributed by atoms with Gasteiger partial charge in [0.15, 0.2) is 17.6 Å². The van der Waals surface area contributed by atoms with Gasteiger partial charge in [-0.05, 0) is 37.6 Å². The number of likely N-dealkylation sites (N-methyl/N-ethyl adjacent to an activating group) is 1. The van der Waals surface area contributed by atoms with Crippen LogP contribution in [0.2, 0.25) is 0 Å². The Labute approximate surface area is 181 Å². The van der Waals surface area contributed by atoms with Crippen LogP contribution in [0.4, 0.5) is 5.69 Å². The van der Waals surface area contributed by atoms with Gasteiger partial charge in [-0.25, -0.2) is 0 Å². The van der Waals surface area contributed by atoms with Gasteiger partial charge in [0, 0.05) is 33.5 Å². The van der Waals surface area contributed by atoms with Crippen LogP contribution < -0.4 is 10.2 Å². The summed E-state index contributed by atoms with van der Waals surface area (Å²) in [5.74, 6) is -0.503. The maximum atomic E-state index is 12.9. The lowest BCUT2D eigenvalue weighted by molar-refractivity contribution is -0.907. The number of rotatable bonds is 5. The molecule has 1 amide bonds. The standard InChI is InChI=1S/C26H24N2O3/c1-16-8-4-5-9-18(16)15-28(3)17(2)26(31)27-19-12-13-22-23(14-19)25(30)21-11-7-6-10-20(21)24(22)29/h4-14,17H,15H2,1-3H3,(H,27,31)/p+1/t17-/m1/s1. The van der Waals surface area contributed by atoms with Crippen molar-refractivity contribution in [2.75, 3.05) is 12.4 Å². The number of quaternary nitrogens is 1. The van der Waals surface area contributed by atoms with E-state index in [0.29, 0.717) is 27.9 Å². The first kappa shape index (κ1) is 20.7. The number of hydrogen-bond donors (Lipinski definition) is 2. The fourth-order valence-corrected chi connectivity index (χ4v) is 3.91. The Hall–Kier alpha value is -3.57. The van der Waals surface area contributed by atoms with Crippen LogP contribution in [0.25, 0.3) is 0 Å². The van der Waals surface area contributed by atoms with Gasteiger partial charge in [0.2, 0.25) is 0 Å². The summed E-state index contributed by atoms with van der Waals surface area (Å²) < 4.78 is 0. The third kappa shape index (κ3) is 3.92. The number of hydrogen-bond acceptors (Lipinski definition) is 3. The minimum Gasteiger partial charge on any atom is -0.324 e. The Kier molecular flexibility index (Phi) is 5.53. The summed E-state index contributed by atoms with van der Waals surface area (Å²) in [7, 11) is 1.99. The topological polar surface area (TPSA) is 67.7 Å². The summed E-state index contributed by atoms with van der Waals surface area (Å²) in [4.78, 5) is 39.6. The van der Waals surface area contributed by atoms with Crippen LogP contribution in [0.15, 0.2) is 66.7 Å². The SMILES string of the molecule is Cc1ccccc1C[NH+](C)[C@H](C)C(=O)Nc1ccc2c(c1)C(=O)c1ccccc1C2=O. The van der Waals surface area contributed by atoms with Gasteiger partial charge < -0.3 is 10.2 Å². The summed E-state index contributed by atoms with van der Waals surface area (Å²) in [5.41, 5.74) is 4.45. The highest BCUT2D eigenvalue weighted by atomic mass is 16.2. The number of carbonyl (C=O) groups excluding carboxylic acids is 3. The summed E-state index contributed by atoms with van der Waals surface area (Å²) >= 11 is 0. The van der Waals surface area contributed by atoms with Gasteiger partial charge in [0.1, 0.15) is 6.54 Å². The first-order chi connectivity index (χ1) is 14.9. The van der Waals surface area contributed by atoms with Crippen molar-refractivity contribution in [3.8, 4) is 0 Å². The third-order valence-corrected chi connectivity index (χ3v) is 6.06. The monoisotopic (exact) mass is 413 g/mol. The third-order valence-electron chi connectivity index (χ3n) is 6.06. The number of fused-ring (bicyclic) bond motifs is 2. The van der Waals surface area contributed by atoms with E-state index in [0.717, 1.165) is 11.4 Å². The molecule has 3 aromatic carbocycles. The fraction of sp³-hybridized carbons (Fsp3) is 0.192. The summed E-state index contributed by atoms with van der Waals surface area (Å²) in [6.45, 7) is 4.68. The molecular weight excluding hydrogens is 388 g/mol. The van der Waals surface area contributed by atoms with E-state index in [-0.39, 0.29) is 23.5 Å². The predicted molar refractivity (Wildman–Crippen MR) is 120 cm³/mol. The molecule has 0 aromatic heterocycles. The molecule has 156 valence electrons. The van der Waals surface area contributed by atoms with Gasteiger partial charge in [-0.2, -0.15) is 0 Å². The summed E-state index contributed by atoms with van der Waals surface area (Å²) in [5, 5.41) is 2.91. The minimum absolute atomic E-state index is 0.138. The molecule has 0 spiro atoms. The van der Waals surface area contributed by atoms with E-state index in [4.69, 9.17) is 0 Å². The zero-order chi connectivity index (χ0) is 22.1. The van der Waals surface area contributed by atoms with E-state index in [1.54, 1.807) is 42.5 Å². The lowest BCUT2D eigenvalue weighted by Gasteiger charge is -2.22. The average molecular weight is 413 g/mol. The second kappa shape index (κ2) is 8.28. The van der Waals surface area contributed by atoms with Crippen LogP contribution in [0.1, 0.15) is 49.9 Å². The van der Waals surface area contributed by atoms with Crippen LogP contribution in [-0.4, -0.2) is 30.6 Å². The largest absolute Gasteiger partial charge is 0.324 e. The number of carbonyl (C=O) groups is 3. The first-order valence-electron chi connectivity index (χ1n) is 10.4. The number of aryl methyl sites for hydroxylation is 1. The number of benzene rings is 3. The molecule has 31 heavy (non-hydrogen) atoms. The van der Waals surface area contributed by atoms with Crippen molar-refractivity contribution in [1.82, 2.24) is 0 Å². The Morgan fingerprint density at radius 2 is 1.45 bits per heavy atom. The van der Waals surface area contributed by atoms with E-state index in [2.05, 4.69) is 24.4 Å². The Morgan fingerprint density at radius 3 is 2.13 bits per heavy atom. The van der Waals surface area contributed by atoms with Gasteiger partial charge >= 0.3 is 0 Å². The molecule has 0 saturated carbocycles. The highest BCUT2D eigenvalue weighted by Crippen LogP contribution is 2.29. The van der Waals surface area contributed by atoms with Crippen LogP contribution in [0.5, 0.6) is 0 Å². The number of amides is 1. The number of anilines is 1. The molecule has 3 aromatic rings. The van der Waals surface area contributed by atoms with Gasteiger partial charge in [-0.15, -0.1) is 0 Å². The molecule has 0 heterocycles. The van der Waals surface area contributed by atoms with E-state index >= 15 is 0 Å². The van der Waals surface area contributed by atoms with Crippen LogP contribution in [-0.2, 0) is 11.3 Å². The summed E-state index contributed by atoms with van der Waals surface area (Å²) in [6, 6.07) is 19.6. The lowest BCUT2D eigenvalue weighted by Crippen LogP contribution is -3.12. The van der Waals surface area contributed by atoms with E-state index in [1.165, 1.54) is 11.1 Å². The zero-order valence-corrected chi connectivity index (χ0v) is 17.9. The highest BCUT2D eigenvalue weighted by molar-refractivity contribution is 6.28. The second-order valence-corrected chi connectivity index (χ2v) is 8.12. The molecule has 0 bridgehead atoms. The minimum atomic E-state index is -0.298. The van der Waals surface area contributed by atoms with E-state index in [9.17, 15) is 14.4 Å². The molecule has 2 N–H and O–H groups in total. The normalized spacial score (nSPS) is 14.4. The maximum Gasteiger partial charge on any atom is 0.282 e. The maximum absolute atomic E-state index is 12.9. The van der Waals surface area contributed by atoms with Crippen molar-refractivity contribution in [1.29, 1.82) is 0 Å². The molecule has 0 radical (unpaired) electrons. The van der Waals surface area contributed by atoms with Gasteiger partial charge in [0.05, 0.1) is 7.05 Å². The van der Waals surface area contributed by atoms with Crippen molar-refractivity contribution in [2.24, 2.45) is 0 Å². The van der Waals surface area contributed by atoms with Crippen LogP contribution in [0.3, 0.4) is 0 Å². The fourth-order valence-electron chi connectivity index (χ4n) is 3.91. The molecule has 5 nitrogen and oxygen atoms in total. The van der Waals surface area contributed by atoms with E-state index < -0.39 is 0 Å². The van der Waals surface area contributed by atoms with Gasteiger partial charge in [-0.1, -0.05) is 48.5 Å². The predicted octanol–water partition coefficient (Wildman–Crippen LogP) is 2.81. The molecule has 4 rings (SSSR count). The number of ketones is 2. The summed E-state index contributed by atoms with van der Waals surface area (Å²) in [6.07, 6.45) is 0.